The molecular weight excluding hydrogens is 397 g/mol. The number of carbonyl (C=O) groups is 1. The van der Waals surface area contributed by atoms with Crippen LogP contribution in [0.3, 0.4) is 0 Å². The first-order chi connectivity index (χ1) is 13.9. The summed E-state index contributed by atoms with van der Waals surface area (Å²) < 4.78 is 19.3. The fourth-order valence-electron chi connectivity index (χ4n) is 3.16. The van der Waals surface area contributed by atoms with Crippen LogP contribution in [0.2, 0.25) is 5.02 Å². The molecule has 0 radical (unpaired) electrons. The number of nitrogens with one attached hydrogen (secondary N) is 1. The number of benzene rings is 2. The monoisotopic (exact) mass is 411 g/mol. The smallest absolute Gasteiger partial charge is 0.297 e. The first-order valence-corrected chi connectivity index (χ1v) is 9.11. The number of aryl methyl sites for hydroxylation is 1. The van der Waals surface area contributed by atoms with Gasteiger partial charge in [0.2, 0.25) is 11.3 Å². The van der Waals surface area contributed by atoms with Crippen LogP contribution in [0.25, 0.3) is 10.9 Å². The minimum Gasteiger partial charge on any atom is -0.351 e. The predicted octanol–water partition coefficient (Wildman–Crippen LogP) is 4.46. The molecule has 8 heteroatoms. The van der Waals surface area contributed by atoms with E-state index in [2.05, 4.69) is 10.1 Å². The Balaban J connectivity index is 1.86. The summed E-state index contributed by atoms with van der Waals surface area (Å²) in [5, 5.41) is 4.61. The number of amides is 1. The van der Waals surface area contributed by atoms with Gasteiger partial charge in [0.1, 0.15) is 5.82 Å². The molecule has 146 valence electrons. The molecule has 2 aromatic carbocycles. The van der Waals surface area contributed by atoms with Gasteiger partial charge in [0, 0.05) is 27.7 Å². The highest BCUT2D eigenvalue weighted by atomic mass is 35.5. The molecule has 0 spiro atoms. The minimum absolute atomic E-state index is 0.00316. The van der Waals surface area contributed by atoms with Crippen molar-refractivity contribution in [2.45, 2.75) is 13.5 Å². The van der Waals surface area contributed by atoms with Gasteiger partial charge in [-0.2, -0.15) is 0 Å². The summed E-state index contributed by atoms with van der Waals surface area (Å²) in [5.41, 5.74) is 1.18. The van der Waals surface area contributed by atoms with Crippen LogP contribution < -0.4 is 10.5 Å². The summed E-state index contributed by atoms with van der Waals surface area (Å²) in [6.45, 7) is 1.71. The lowest BCUT2D eigenvalue weighted by Gasteiger charge is -2.23. The molecule has 2 aromatic heterocycles. The topological polar surface area (TPSA) is 79.2 Å². The first kappa shape index (κ1) is 18.9. The van der Waals surface area contributed by atoms with Gasteiger partial charge < -0.3 is 14.4 Å². The van der Waals surface area contributed by atoms with E-state index in [1.165, 1.54) is 23.2 Å². The fourth-order valence-corrected chi connectivity index (χ4v) is 3.34. The number of anilines is 1. The minimum atomic E-state index is -0.548. The number of hydrogen-bond donors (Lipinski definition) is 1. The van der Waals surface area contributed by atoms with Crippen molar-refractivity contribution in [3.8, 4) is 0 Å². The van der Waals surface area contributed by atoms with Crippen molar-refractivity contribution in [3.05, 3.63) is 92.8 Å². The van der Waals surface area contributed by atoms with Crippen molar-refractivity contribution < 1.29 is 13.7 Å². The average Bonchev–Trinajstić information content (AvgIpc) is 3.12. The van der Waals surface area contributed by atoms with Crippen molar-refractivity contribution in [1.82, 2.24) is 10.1 Å². The SMILES string of the molecule is Cc1cnoc1C(=O)N(Cc1cc(=O)[nH]c2c(F)cccc12)c1cccc(Cl)c1. The van der Waals surface area contributed by atoms with Crippen LogP contribution in [0.4, 0.5) is 10.1 Å². The molecule has 0 bridgehead atoms. The molecule has 0 aliphatic carbocycles. The highest BCUT2D eigenvalue weighted by Gasteiger charge is 2.25. The number of aromatic nitrogens is 2. The molecule has 29 heavy (non-hydrogen) atoms. The molecular formula is C21H15ClFN3O3. The number of pyridine rings is 1. The van der Waals surface area contributed by atoms with Gasteiger partial charge >= 0.3 is 0 Å². The van der Waals surface area contributed by atoms with Crippen LogP contribution in [-0.4, -0.2) is 16.0 Å². The lowest BCUT2D eigenvalue weighted by Crippen LogP contribution is -2.31. The molecule has 6 nitrogen and oxygen atoms in total. The number of aromatic amines is 1. The molecule has 0 atom stereocenters. The second-order valence-corrected chi connectivity index (χ2v) is 6.97. The third-order valence-electron chi connectivity index (χ3n) is 4.55. The van der Waals surface area contributed by atoms with Crippen LogP contribution in [0.1, 0.15) is 21.7 Å². The maximum atomic E-state index is 14.2. The van der Waals surface area contributed by atoms with Gasteiger partial charge in [0.15, 0.2) is 0 Å². The van der Waals surface area contributed by atoms with Crippen LogP contribution in [0, 0.1) is 12.7 Å². The number of para-hydroxylation sites is 1. The number of H-pyrrole nitrogens is 1. The summed E-state index contributed by atoms with van der Waals surface area (Å²) in [6.07, 6.45) is 1.45. The molecule has 0 saturated carbocycles. The van der Waals surface area contributed by atoms with Gasteiger partial charge in [-0.05, 0) is 36.8 Å². The van der Waals surface area contributed by atoms with Crippen molar-refractivity contribution in [2.24, 2.45) is 0 Å². The van der Waals surface area contributed by atoms with E-state index in [1.807, 2.05) is 0 Å². The molecule has 1 N–H and O–H groups in total. The Kier molecular flexibility index (Phi) is 4.90. The summed E-state index contributed by atoms with van der Waals surface area (Å²) in [6, 6.07) is 12.6. The van der Waals surface area contributed by atoms with E-state index in [4.69, 9.17) is 16.1 Å². The summed E-state index contributed by atoms with van der Waals surface area (Å²) in [7, 11) is 0. The van der Waals surface area contributed by atoms with Gasteiger partial charge in [0.05, 0.1) is 18.3 Å². The van der Waals surface area contributed by atoms with E-state index in [-0.39, 0.29) is 17.8 Å². The van der Waals surface area contributed by atoms with Crippen LogP contribution in [0.15, 0.2) is 64.0 Å². The van der Waals surface area contributed by atoms with Crippen molar-refractivity contribution in [3.63, 3.8) is 0 Å². The summed E-state index contributed by atoms with van der Waals surface area (Å²) >= 11 is 6.12. The zero-order valence-corrected chi connectivity index (χ0v) is 16.0. The highest BCUT2D eigenvalue weighted by molar-refractivity contribution is 6.31. The zero-order valence-electron chi connectivity index (χ0n) is 15.3. The van der Waals surface area contributed by atoms with Gasteiger partial charge in [0.25, 0.3) is 5.91 Å². The van der Waals surface area contributed by atoms with E-state index >= 15 is 0 Å². The van der Waals surface area contributed by atoms with Crippen LogP contribution in [0.5, 0.6) is 0 Å². The Hall–Kier alpha value is -3.45. The van der Waals surface area contributed by atoms with E-state index in [0.717, 1.165) is 0 Å². The van der Waals surface area contributed by atoms with Gasteiger partial charge in [-0.3, -0.25) is 9.59 Å². The zero-order chi connectivity index (χ0) is 20.5. The largest absolute Gasteiger partial charge is 0.351 e. The van der Waals surface area contributed by atoms with Gasteiger partial charge in [-0.15, -0.1) is 0 Å². The molecule has 0 aliphatic rings. The maximum absolute atomic E-state index is 14.2. The molecule has 2 heterocycles. The Labute approximate surface area is 169 Å². The number of fused-ring (bicyclic) bond motifs is 1. The maximum Gasteiger partial charge on any atom is 0.297 e. The molecule has 0 aliphatic heterocycles. The summed E-state index contributed by atoms with van der Waals surface area (Å²) in [5.74, 6) is -0.925. The first-order valence-electron chi connectivity index (χ1n) is 8.73. The van der Waals surface area contributed by atoms with E-state index in [9.17, 15) is 14.0 Å². The van der Waals surface area contributed by atoms with Crippen LogP contribution in [-0.2, 0) is 6.54 Å². The Morgan fingerprint density at radius 1 is 1.24 bits per heavy atom. The molecule has 4 rings (SSSR count). The third-order valence-corrected chi connectivity index (χ3v) is 4.78. The van der Waals surface area contributed by atoms with E-state index in [1.54, 1.807) is 43.3 Å². The van der Waals surface area contributed by atoms with Crippen molar-refractivity contribution in [1.29, 1.82) is 0 Å². The van der Waals surface area contributed by atoms with E-state index < -0.39 is 17.3 Å². The standard InChI is InChI=1S/C21H15ClFN3O3/c1-12-10-24-29-20(12)21(28)26(15-5-2-4-14(22)9-15)11-13-8-18(27)25-19-16(13)6-3-7-17(19)23/h2-10H,11H2,1H3,(H,25,27). The second-order valence-electron chi connectivity index (χ2n) is 6.53. The lowest BCUT2D eigenvalue weighted by atomic mass is 10.1. The Morgan fingerprint density at radius 3 is 2.76 bits per heavy atom. The van der Waals surface area contributed by atoms with Gasteiger partial charge in [-0.25, -0.2) is 4.39 Å². The molecule has 4 aromatic rings. The second kappa shape index (κ2) is 7.52. The van der Waals surface area contributed by atoms with Crippen molar-refractivity contribution >= 4 is 34.1 Å². The molecule has 0 fully saturated rings. The third kappa shape index (κ3) is 3.64. The number of carbonyl (C=O) groups excluding carboxylic acids is 1. The number of halogens is 2. The fraction of sp³-hybridized carbons (Fsp3) is 0.0952. The summed E-state index contributed by atoms with van der Waals surface area (Å²) in [4.78, 5) is 29.2. The Bertz CT molecular complexity index is 1280. The quantitative estimate of drug-likeness (QED) is 0.537. The number of rotatable bonds is 4. The predicted molar refractivity (Wildman–Crippen MR) is 108 cm³/mol. The molecule has 0 unspecified atom stereocenters. The average molecular weight is 412 g/mol. The van der Waals surface area contributed by atoms with Gasteiger partial charge in [-0.1, -0.05) is 35.0 Å². The Morgan fingerprint density at radius 2 is 2.03 bits per heavy atom. The molecule has 0 saturated heterocycles. The van der Waals surface area contributed by atoms with Crippen LogP contribution >= 0.6 is 11.6 Å². The molecule has 1 amide bonds. The highest BCUT2D eigenvalue weighted by Crippen LogP contribution is 2.26. The van der Waals surface area contributed by atoms with Crippen molar-refractivity contribution in [2.75, 3.05) is 4.90 Å². The number of nitrogens with zero attached hydrogens (tertiary/aromatic N) is 2. The number of hydrogen-bond acceptors (Lipinski definition) is 4. The lowest BCUT2D eigenvalue weighted by molar-refractivity contribution is 0.0948. The normalized spacial score (nSPS) is 11.0. The van der Waals surface area contributed by atoms with E-state index in [0.29, 0.717) is 27.2 Å².